The summed E-state index contributed by atoms with van der Waals surface area (Å²) in [4.78, 5) is 4.89. The molecule has 1 fully saturated rings. The average Bonchev–Trinajstić information content (AvgIpc) is 3.31. The number of hydrogen-bond acceptors (Lipinski definition) is 6. The van der Waals surface area contributed by atoms with Gasteiger partial charge in [-0.3, -0.25) is 4.90 Å². The van der Waals surface area contributed by atoms with Gasteiger partial charge in [0.1, 0.15) is 6.10 Å². The fourth-order valence-corrected chi connectivity index (χ4v) is 9.56. The number of nitrogens with zero attached hydrogens (tertiary/aromatic N) is 2. The summed E-state index contributed by atoms with van der Waals surface area (Å²) in [5.74, 6) is 0.778. The summed E-state index contributed by atoms with van der Waals surface area (Å²) in [6, 6.07) is 13.0. The molecular formula is C34H34N2O4. The van der Waals surface area contributed by atoms with Gasteiger partial charge in [-0.2, -0.15) is 0 Å². The topological polar surface area (TPSA) is 76.4 Å². The Bertz CT molecular complexity index is 1660. The van der Waals surface area contributed by atoms with Gasteiger partial charge < -0.3 is 25.0 Å². The zero-order valence-corrected chi connectivity index (χ0v) is 22.9. The standard InChI is InChI=1S/C34H34N2O4/c1-35-12-10-17-4-3-5-21-27(17)25(35)16-19-14-22(30(38)31(39)28(19)21)20-7-8-23-24-15-18-6-9-26(37)32-29(18)34(23,33(20)40-32)11-13-36(24)2/h3-9,14,20,23-25,33,37-39H,10-13,15-16H2,1-2H3/t20?,23-,24?,25+,33-,34-/m0/s1. The summed E-state index contributed by atoms with van der Waals surface area (Å²) in [6.07, 6.45) is 7.96. The highest BCUT2D eigenvalue weighted by Crippen LogP contribution is 2.65. The first-order valence-electron chi connectivity index (χ1n) is 14.7. The lowest BCUT2D eigenvalue weighted by Crippen LogP contribution is -2.63. The van der Waals surface area contributed by atoms with Crippen molar-refractivity contribution in [2.24, 2.45) is 5.92 Å². The molecule has 0 amide bonds. The molecule has 2 bridgehead atoms. The van der Waals surface area contributed by atoms with Crippen molar-refractivity contribution in [2.75, 3.05) is 27.2 Å². The number of aromatic hydroxyl groups is 3. The van der Waals surface area contributed by atoms with Gasteiger partial charge in [0, 0.05) is 52.6 Å². The first-order valence-corrected chi connectivity index (χ1v) is 14.7. The van der Waals surface area contributed by atoms with Gasteiger partial charge in [0.25, 0.3) is 0 Å². The molecule has 204 valence electrons. The van der Waals surface area contributed by atoms with Crippen molar-refractivity contribution in [2.45, 2.75) is 55.2 Å². The number of ether oxygens (including phenoxy) is 1. The van der Waals surface area contributed by atoms with Crippen LogP contribution in [-0.2, 0) is 24.7 Å². The van der Waals surface area contributed by atoms with Crippen LogP contribution in [0.25, 0.3) is 11.1 Å². The molecule has 6 atom stereocenters. The number of phenols is 3. The SMILES string of the molecule is CN1CC[C@]23c4c5ccc(O)c4O[C@H]2C(c2cc4c(c(O)c2O)-c2cccc6c2[C@@H](C4)N(C)CC6)C=C[C@H]3C1C5. The first kappa shape index (κ1) is 23.2. The van der Waals surface area contributed by atoms with Crippen molar-refractivity contribution in [3.8, 4) is 34.1 Å². The van der Waals surface area contributed by atoms with Gasteiger partial charge in [-0.25, -0.2) is 0 Å². The molecule has 6 aliphatic rings. The number of benzene rings is 3. The third-order valence-corrected chi connectivity index (χ3v) is 11.4. The Kier molecular flexibility index (Phi) is 4.43. The fraction of sp³-hybridized carbons (Fsp3) is 0.412. The molecule has 3 aromatic rings. The number of phenolic OH excluding ortho intramolecular Hbond substituents is 3. The second-order valence-corrected chi connectivity index (χ2v) is 13.0. The zero-order chi connectivity index (χ0) is 27.1. The fourth-order valence-electron chi connectivity index (χ4n) is 9.56. The molecule has 1 saturated heterocycles. The number of rotatable bonds is 1. The van der Waals surface area contributed by atoms with Crippen LogP contribution < -0.4 is 4.74 Å². The Morgan fingerprint density at radius 2 is 1.77 bits per heavy atom. The molecule has 0 saturated carbocycles. The molecule has 1 spiro atoms. The molecule has 3 N–H and O–H groups in total. The van der Waals surface area contributed by atoms with Gasteiger partial charge in [0.05, 0.1) is 0 Å². The number of fused-ring (bicyclic) bond motifs is 2. The molecule has 3 aromatic carbocycles. The lowest BCUT2D eigenvalue weighted by atomic mass is 9.51. The van der Waals surface area contributed by atoms with Crippen molar-refractivity contribution in [1.29, 1.82) is 0 Å². The third kappa shape index (κ3) is 2.63. The molecule has 3 aliphatic carbocycles. The van der Waals surface area contributed by atoms with Gasteiger partial charge in [-0.15, -0.1) is 0 Å². The molecular weight excluding hydrogens is 500 g/mol. The molecule has 6 heteroatoms. The van der Waals surface area contributed by atoms with E-state index in [1.54, 1.807) is 6.07 Å². The summed E-state index contributed by atoms with van der Waals surface area (Å²) in [7, 11) is 4.40. The van der Waals surface area contributed by atoms with Crippen LogP contribution in [0.3, 0.4) is 0 Å². The number of hydrogen-bond donors (Lipinski definition) is 3. The van der Waals surface area contributed by atoms with Crippen LogP contribution in [0, 0.1) is 5.92 Å². The highest BCUT2D eigenvalue weighted by atomic mass is 16.5. The van der Waals surface area contributed by atoms with E-state index in [1.807, 2.05) is 0 Å². The molecule has 2 unspecified atom stereocenters. The summed E-state index contributed by atoms with van der Waals surface area (Å²) in [5, 5.41) is 34.2. The number of likely N-dealkylation sites (tertiary alicyclic amines) is 1. The lowest BCUT2D eigenvalue weighted by Gasteiger charge is -2.57. The minimum Gasteiger partial charge on any atom is -0.504 e. The van der Waals surface area contributed by atoms with E-state index in [0.717, 1.165) is 61.0 Å². The quantitative estimate of drug-likeness (QED) is 0.308. The zero-order valence-electron chi connectivity index (χ0n) is 22.9. The van der Waals surface area contributed by atoms with Crippen LogP contribution in [0.4, 0.5) is 0 Å². The van der Waals surface area contributed by atoms with E-state index in [2.05, 4.69) is 66.4 Å². The Labute approximate surface area is 234 Å². The Morgan fingerprint density at radius 3 is 2.65 bits per heavy atom. The average molecular weight is 535 g/mol. The van der Waals surface area contributed by atoms with Gasteiger partial charge in [-0.05, 0) is 80.2 Å². The van der Waals surface area contributed by atoms with E-state index in [1.165, 1.54) is 22.3 Å². The van der Waals surface area contributed by atoms with Crippen molar-refractivity contribution in [3.63, 3.8) is 0 Å². The monoisotopic (exact) mass is 534 g/mol. The molecule has 6 nitrogen and oxygen atoms in total. The summed E-state index contributed by atoms with van der Waals surface area (Å²) < 4.78 is 6.77. The summed E-state index contributed by atoms with van der Waals surface area (Å²) in [5.41, 5.74) is 8.42. The van der Waals surface area contributed by atoms with Crippen LogP contribution >= 0.6 is 0 Å². The lowest BCUT2D eigenvalue weighted by molar-refractivity contribution is -0.00563. The highest BCUT2D eigenvalue weighted by Gasteiger charge is 2.64. The van der Waals surface area contributed by atoms with Crippen LogP contribution in [0.15, 0.2) is 48.6 Å². The Balaban J connectivity index is 1.24. The van der Waals surface area contributed by atoms with Gasteiger partial charge in [0.15, 0.2) is 23.0 Å². The normalized spacial score (nSPS) is 32.7. The minimum atomic E-state index is -0.263. The van der Waals surface area contributed by atoms with Gasteiger partial charge in [-0.1, -0.05) is 42.5 Å². The number of likely N-dealkylation sites (N-methyl/N-ethyl adjacent to an activating group) is 2. The second kappa shape index (κ2) is 7.62. The Morgan fingerprint density at radius 1 is 0.900 bits per heavy atom. The van der Waals surface area contributed by atoms with E-state index in [0.29, 0.717) is 11.8 Å². The van der Waals surface area contributed by atoms with Crippen LogP contribution in [0.1, 0.15) is 51.8 Å². The highest BCUT2D eigenvalue weighted by molar-refractivity contribution is 5.83. The van der Waals surface area contributed by atoms with Crippen molar-refractivity contribution in [1.82, 2.24) is 9.80 Å². The van der Waals surface area contributed by atoms with Crippen LogP contribution in [0.2, 0.25) is 0 Å². The molecule has 9 rings (SSSR count). The van der Waals surface area contributed by atoms with E-state index < -0.39 is 0 Å². The van der Waals surface area contributed by atoms with E-state index >= 15 is 0 Å². The van der Waals surface area contributed by atoms with Crippen molar-refractivity contribution < 1.29 is 20.1 Å². The van der Waals surface area contributed by atoms with Gasteiger partial charge in [0.2, 0.25) is 0 Å². The van der Waals surface area contributed by atoms with E-state index in [-0.39, 0.29) is 46.6 Å². The van der Waals surface area contributed by atoms with Crippen LogP contribution in [-0.4, -0.2) is 64.5 Å². The first-order chi connectivity index (χ1) is 19.4. The number of piperidine rings is 1. The molecule has 3 aliphatic heterocycles. The van der Waals surface area contributed by atoms with Crippen molar-refractivity contribution in [3.05, 3.63) is 81.9 Å². The predicted molar refractivity (Wildman–Crippen MR) is 152 cm³/mol. The summed E-state index contributed by atoms with van der Waals surface area (Å²) in [6.45, 7) is 1.98. The summed E-state index contributed by atoms with van der Waals surface area (Å²) >= 11 is 0. The minimum absolute atomic E-state index is 0.0236. The maximum atomic E-state index is 11.7. The maximum Gasteiger partial charge on any atom is 0.166 e. The molecule has 0 aromatic heterocycles. The molecule has 0 radical (unpaired) electrons. The van der Waals surface area contributed by atoms with Crippen LogP contribution in [0.5, 0.6) is 23.0 Å². The third-order valence-electron chi connectivity index (χ3n) is 11.4. The second-order valence-electron chi connectivity index (χ2n) is 13.0. The largest absolute Gasteiger partial charge is 0.504 e. The molecule has 40 heavy (non-hydrogen) atoms. The molecule has 3 heterocycles. The predicted octanol–water partition coefficient (Wildman–Crippen LogP) is 4.78. The van der Waals surface area contributed by atoms with E-state index in [4.69, 9.17) is 4.74 Å². The van der Waals surface area contributed by atoms with Crippen molar-refractivity contribution >= 4 is 0 Å². The maximum absolute atomic E-state index is 11.7. The smallest absolute Gasteiger partial charge is 0.166 e. The Hall–Kier alpha value is -3.48. The van der Waals surface area contributed by atoms with E-state index in [9.17, 15) is 15.3 Å². The van der Waals surface area contributed by atoms with Gasteiger partial charge >= 0.3 is 0 Å².